The van der Waals surface area contributed by atoms with Crippen molar-refractivity contribution < 1.29 is 0 Å². The molecule has 1 aliphatic carbocycles. The van der Waals surface area contributed by atoms with Gasteiger partial charge in [-0.25, -0.2) is 9.66 Å². The van der Waals surface area contributed by atoms with Crippen molar-refractivity contribution in [2.45, 2.75) is 38.1 Å². The third-order valence-electron chi connectivity index (χ3n) is 3.38. The highest BCUT2D eigenvalue weighted by molar-refractivity contribution is 5.75. The Morgan fingerprint density at radius 2 is 1.94 bits per heavy atom. The predicted octanol–water partition coefficient (Wildman–Crippen LogP) is 2.91. The van der Waals surface area contributed by atoms with Gasteiger partial charge in [0.1, 0.15) is 6.33 Å². The molecule has 3 rings (SSSR count). The highest BCUT2D eigenvalue weighted by atomic mass is 15.4. The molecule has 2 aromatic rings. The van der Waals surface area contributed by atoms with Crippen molar-refractivity contribution in [2.75, 3.05) is 5.43 Å². The lowest BCUT2D eigenvalue weighted by atomic mass is 9.96. The zero-order valence-corrected chi connectivity index (χ0v) is 9.39. The predicted molar refractivity (Wildman–Crippen MR) is 66.0 cm³/mol. The van der Waals surface area contributed by atoms with Crippen LogP contribution in [0.4, 0.5) is 0 Å². The summed E-state index contributed by atoms with van der Waals surface area (Å²) in [5.41, 5.74) is 5.79. The molecule has 1 aliphatic rings. The van der Waals surface area contributed by atoms with E-state index in [1.165, 1.54) is 37.6 Å². The smallest absolute Gasteiger partial charge is 0.115 e. The lowest BCUT2D eigenvalue weighted by Gasteiger charge is -2.24. The molecule has 0 spiro atoms. The third kappa shape index (κ3) is 1.77. The van der Waals surface area contributed by atoms with E-state index in [-0.39, 0.29) is 0 Å². The van der Waals surface area contributed by atoms with Crippen molar-refractivity contribution in [3.63, 3.8) is 0 Å². The molecule has 0 amide bonds. The summed E-state index contributed by atoms with van der Waals surface area (Å²) in [7, 11) is 0. The van der Waals surface area contributed by atoms with Gasteiger partial charge in [-0.15, -0.1) is 0 Å². The number of nitrogens with one attached hydrogen (secondary N) is 1. The van der Waals surface area contributed by atoms with Gasteiger partial charge in [0, 0.05) is 6.04 Å². The van der Waals surface area contributed by atoms with E-state index >= 15 is 0 Å². The second-order valence-corrected chi connectivity index (χ2v) is 4.57. The topological polar surface area (TPSA) is 29.9 Å². The molecule has 0 saturated heterocycles. The molecule has 1 saturated carbocycles. The average molecular weight is 215 g/mol. The summed E-state index contributed by atoms with van der Waals surface area (Å²) in [5, 5.41) is 0. The average Bonchev–Trinajstić information content (AvgIpc) is 2.74. The first-order valence-corrected chi connectivity index (χ1v) is 6.12. The van der Waals surface area contributed by atoms with Gasteiger partial charge in [0.05, 0.1) is 11.0 Å². The molecule has 84 valence electrons. The third-order valence-corrected chi connectivity index (χ3v) is 3.38. The zero-order chi connectivity index (χ0) is 10.8. The maximum absolute atomic E-state index is 4.38. The molecule has 0 atom stereocenters. The van der Waals surface area contributed by atoms with E-state index in [1.807, 2.05) is 18.5 Å². The Hall–Kier alpha value is -1.51. The quantitative estimate of drug-likeness (QED) is 0.834. The van der Waals surface area contributed by atoms with Crippen molar-refractivity contribution in [1.82, 2.24) is 9.66 Å². The van der Waals surface area contributed by atoms with Crippen LogP contribution in [0.3, 0.4) is 0 Å². The molecule has 1 fully saturated rings. The number of hydrogen-bond donors (Lipinski definition) is 1. The molecule has 1 aromatic heterocycles. The molecule has 0 aliphatic heterocycles. The minimum Gasteiger partial charge on any atom is -0.321 e. The molecule has 0 radical (unpaired) electrons. The fraction of sp³-hybridized carbons (Fsp3) is 0.462. The molecule has 16 heavy (non-hydrogen) atoms. The summed E-state index contributed by atoms with van der Waals surface area (Å²) in [6.45, 7) is 0. The largest absolute Gasteiger partial charge is 0.321 e. The second-order valence-electron chi connectivity index (χ2n) is 4.57. The highest BCUT2D eigenvalue weighted by Crippen LogP contribution is 2.19. The number of fused-ring (bicyclic) bond motifs is 1. The Labute approximate surface area is 95.5 Å². The van der Waals surface area contributed by atoms with Gasteiger partial charge in [0.15, 0.2) is 0 Å². The van der Waals surface area contributed by atoms with E-state index in [2.05, 4.69) is 27.2 Å². The second kappa shape index (κ2) is 4.16. The summed E-state index contributed by atoms with van der Waals surface area (Å²) in [6, 6.07) is 8.86. The number of rotatable bonds is 2. The number of benzene rings is 1. The molecule has 1 heterocycles. The number of nitrogens with zero attached hydrogens (tertiary/aromatic N) is 2. The van der Waals surface area contributed by atoms with Crippen molar-refractivity contribution in [3.8, 4) is 0 Å². The molecular formula is C13H17N3. The molecule has 3 heteroatoms. The first-order valence-electron chi connectivity index (χ1n) is 6.12. The monoisotopic (exact) mass is 215 g/mol. The van der Waals surface area contributed by atoms with Crippen LogP contribution >= 0.6 is 0 Å². The summed E-state index contributed by atoms with van der Waals surface area (Å²) >= 11 is 0. The van der Waals surface area contributed by atoms with Crippen LogP contribution in [-0.4, -0.2) is 15.7 Å². The van der Waals surface area contributed by atoms with Crippen molar-refractivity contribution >= 4 is 11.0 Å². The molecule has 3 nitrogen and oxygen atoms in total. The van der Waals surface area contributed by atoms with Crippen molar-refractivity contribution in [1.29, 1.82) is 0 Å². The maximum atomic E-state index is 4.38. The maximum Gasteiger partial charge on any atom is 0.115 e. The highest BCUT2D eigenvalue weighted by Gasteiger charge is 2.13. The van der Waals surface area contributed by atoms with E-state index in [0.29, 0.717) is 6.04 Å². The fourth-order valence-corrected chi connectivity index (χ4v) is 2.49. The Bertz CT molecular complexity index is 469. The summed E-state index contributed by atoms with van der Waals surface area (Å²) < 4.78 is 2.07. The summed E-state index contributed by atoms with van der Waals surface area (Å²) in [6.07, 6.45) is 8.55. The van der Waals surface area contributed by atoms with Crippen LogP contribution in [0.25, 0.3) is 11.0 Å². The van der Waals surface area contributed by atoms with Gasteiger partial charge in [-0.05, 0) is 25.0 Å². The Kier molecular flexibility index (Phi) is 2.52. The van der Waals surface area contributed by atoms with Gasteiger partial charge in [0.25, 0.3) is 0 Å². The van der Waals surface area contributed by atoms with Crippen molar-refractivity contribution in [3.05, 3.63) is 30.6 Å². The molecule has 0 unspecified atom stereocenters. The Balaban J connectivity index is 1.83. The SMILES string of the molecule is c1ccc2c(c1)ncn2NC1CCCCC1. The number of para-hydroxylation sites is 2. The van der Waals surface area contributed by atoms with E-state index < -0.39 is 0 Å². The van der Waals surface area contributed by atoms with Gasteiger partial charge in [-0.3, -0.25) is 0 Å². The van der Waals surface area contributed by atoms with Gasteiger partial charge in [0.2, 0.25) is 0 Å². The van der Waals surface area contributed by atoms with Gasteiger partial charge < -0.3 is 5.43 Å². The normalized spacial score (nSPS) is 17.8. The van der Waals surface area contributed by atoms with Gasteiger partial charge in [-0.1, -0.05) is 31.4 Å². The standard InChI is InChI=1S/C13H17N3/c1-2-6-11(7-3-1)15-16-10-14-12-8-4-5-9-13(12)16/h4-5,8-11,15H,1-3,6-7H2. The number of aromatic nitrogens is 2. The molecule has 1 N–H and O–H groups in total. The van der Waals surface area contributed by atoms with E-state index in [0.717, 1.165) is 5.52 Å². The van der Waals surface area contributed by atoms with E-state index in [1.54, 1.807) is 0 Å². The van der Waals surface area contributed by atoms with Crippen LogP contribution in [-0.2, 0) is 0 Å². The minimum atomic E-state index is 0.617. The lowest BCUT2D eigenvalue weighted by Crippen LogP contribution is -2.29. The molecular weight excluding hydrogens is 198 g/mol. The fourth-order valence-electron chi connectivity index (χ4n) is 2.49. The Morgan fingerprint density at radius 1 is 1.12 bits per heavy atom. The van der Waals surface area contributed by atoms with E-state index in [9.17, 15) is 0 Å². The van der Waals surface area contributed by atoms with Crippen LogP contribution in [0.1, 0.15) is 32.1 Å². The minimum absolute atomic E-state index is 0.617. The van der Waals surface area contributed by atoms with Crippen molar-refractivity contribution in [2.24, 2.45) is 0 Å². The lowest BCUT2D eigenvalue weighted by molar-refractivity contribution is 0.440. The van der Waals surface area contributed by atoms with Gasteiger partial charge >= 0.3 is 0 Å². The van der Waals surface area contributed by atoms with Gasteiger partial charge in [-0.2, -0.15) is 0 Å². The van der Waals surface area contributed by atoms with Crippen LogP contribution in [0.15, 0.2) is 30.6 Å². The van der Waals surface area contributed by atoms with Crippen LogP contribution in [0.5, 0.6) is 0 Å². The Morgan fingerprint density at radius 3 is 2.81 bits per heavy atom. The summed E-state index contributed by atoms with van der Waals surface area (Å²) in [4.78, 5) is 4.38. The van der Waals surface area contributed by atoms with E-state index in [4.69, 9.17) is 0 Å². The van der Waals surface area contributed by atoms with Crippen LogP contribution in [0.2, 0.25) is 0 Å². The molecule has 1 aromatic carbocycles. The zero-order valence-electron chi connectivity index (χ0n) is 9.39. The first kappa shape index (κ1) is 9.70. The first-order chi connectivity index (χ1) is 7.93. The number of imidazole rings is 1. The summed E-state index contributed by atoms with van der Waals surface area (Å²) in [5.74, 6) is 0. The molecule has 0 bridgehead atoms. The van der Waals surface area contributed by atoms with Crippen LogP contribution in [0, 0.1) is 0 Å². The number of hydrogen-bond acceptors (Lipinski definition) is 2. The van der Waals surface area contributed by atoms with Crippen LogP contribution < -0.4 is 5.43 Å².